The summed E-state index contributed by atoms with van der Waals surface area (Å²) in [4.78, 5) is 6.68. The number of hydrogen-bond donors (Lipinski definition) is 1. The van der Waals surface area contributed by atoms with Crippen LogP contribution in [-0.2, 0) is 6.54 Å². The van der Waals surface area contributed by atoms with Gasteiger partial charge >= 0.3 is 0 Å². The van der Waals surface area contributed by atoms with Gasteiger partial charge in [-0.1, -0.05) is 25.4 Å². The van der Waals surface area contributed by atoms with Crippen molar-refractivity contribution in [2.75, 3.05) is 25.0 Å². The molecule has 1 aliphatic carbocycles. The van der Waals surface area contributed by atoms with Crippen molar-refractivity contribution in [2.45, 2.75) is 33.2 Å². The van der Waals surface area contributed by atoms with Gasteiger partial charge < -0.3 is 10.2 Å². The predicted molar refractivity (Wildman–Crippen MR) is 81.8 cm³/mol. The van der Waals surface area contributed by atoms with Crippen molar-refractivity contribution < 1.29 is 0 Å². The molecule has 0 aromatic carbocycles. The zero-order valence-electron chi connectivity index (χ0n) is 12.1. The Bertz CT molecular complexity index is 416. The Hall–Kier alpha value is -0.800. The van der Waals surface area contributed by atoms with Crippen LogP contribution < -0.4 is 10.2 Å². The molecule has 1 saturated carbocycles. The SMILES string of the molecule is CC(C)CNCc1cnc(N(C)CC2CC2)c(Cl)c1. The number of hydrogen-bond acceptors (Lipinski definition) is 3. The van der Waals surface area contributed by atoms with Crippen molar-refractivity contribution in [3.63, 3.8) is 0 Å². The van der Waals surface area contributed by atoms with Crippen molar-refractivity contribution in [1.29, 1.82) is 0 Å². The second kappa shape index (κ2) is 6.58. The topological polar surface area (TPSA) is 28.2 Å². The molecule has 1 aromatic heterocycles. The fourth-order valence-corrected chi connectivity index (χ4v) is 2.46. The minimum absolute atomic E-state index is 0.660. The van der Waals surface area contributed by atoms with E-state index in [1.165, 1.54) is 12.8 Å². The average Bonchev–Trinajstić information content (AvgIpc) is 3.12. The molecule has 0 spiro atoms. The lowest BCUT2D eigenvalue weighted by atomic mass is 10.2. The van der Waals surface area contributed by atoms with Gasteiger partial charge in [-0.15, -0.1) is 0 Å². The van der Waals surface area contributed by atoms with Gasteiger partial charge in [0.2, 0.25) is 0 Å². The lowest BCUT2D eigenvalue weighted by Gasteiger charge is -2.19. The molecule has 2 rings (SSSR count). The van der Waals surface area contributed by atoms with Crippen molar-refractivity contribution in [2.24, 2.45) is 11.8 Å². The minimum atomic E-state index is 0.660. The molecule has 0 bridgehead atoms. The molecular formula is C15H24ClN3. The molecule has 1 heterocycles. The van der Waals surface area contributed by atoms with E-state index in [-0.39, 0.29) is 0 Å². The van der Waals surface area contributed by atoms with Gasteiger partial charge in [-0.25, -0.2) is 4.98 Å². The van der Waals surface area contributed by atoms with Gasteiger partial charge in [0.25, 0.3) is 0 Å². The Morgan fingerprint density at radius 2 is 2.21 bits per heavy atom. The van der Waals surface area contributed by atoms with Crippen LogP contribution in [0.1, 0.15) is 32.3 Å². The van der Waals surface area contributed by atoms with E-state index >= 15 is 0 Å². The Kier molecular flexibility index (Phi) is 5.06. The Morgan fingerprint density at radius 3 is 2.79 bits per heavy atom. The highest BCUT2D eigenvalue weighted by atomic mass is 35.5. The first-order chi connectivity index (χ1) is 9.06. The van der Waals surface area contributed by atoms with Crippen molar-refractivity contribution in [3.8, 4) is 0 Å². The minimum Gasteiger partial charge on any atom is -0.358 e. The molecule has 1 aromatic rings. The number of rotatable bonds is 7. The number of nitrogens with zero attached hydrogens (tertiary/aromatic N) is 2. The van der Waals surface area contributed by atoms with Crippen LogP contribution in [-0.4, -0.2) is 25.1 Å². The van der Waals surface area contributed by atoms with Gasteiger partial charge in [0.15, 0.2) is 0 Å². The highest BCUT2D eigenvalue weighted by molar-refractivity contribution is 6.33. The number of halogens is 1. The zero-order chi connectivity index (χ0) is 13.8. The summed E-state index contributed by atoms with van der Waals surface area (Å²) < 4.78 is 0. The summed E-state index contributed by atoms with van der Waals surface area (Å²) in [6.45, 7) is 7.32. The van der Waals surface area contributed by atoms with E-state index in [0.29, 0.717) is 5.92 Å². The standard InChI is InChI=1S/C15H24ClN3/c1-11(2)7-17-8-13-6-14(16)15(18-9-13)19(3)10-12-4-5-12/h6,9,11-12,17H,4-5,7-8,10H2,1-3H3. The van der Waals surface area contributed by atoms with E-state index in [1.54, 1.807) is 0 Å². The number of anilines is 1. The smallest absolute Gasteiger partial charge is 0.147 e. The highest BCUT2D eigenvalue weighted by Gasteiger charge is 2.24. The van der Waals surface area contributed by atoms with Crippen LogP contribution >= 0.6 is 11.6 Å². The molecule has 1 N–H and O–H groups in total. The van der Waals surface area contributed by atoms with Crippen LogP contribution in [0.15, 0.2) is 12.3 Å². The Balaban J connectivity index is 1.91. The van der Waals surface area contributed by atoms with E-state index in [4.69, 9.17) is 11.6 Å². The zero-order valence-corrected chi connectivity index (χ0v) is 12.9. The van der Waals surface area contributed by atoms with Gasteiger partial charge in [-0.3, -0.25) is 0 Å². The van der Waals surface area contributed by atoms with Crippen LogP contribution in [0.3, 0.4) is 0 Å². The quantitative estimate of drug-likeness (QED) is 0.831. The second-order valence-electron chi connectivity index (χ2n) is 6.00. The molecule has 0 amide bonds. The lowest BCUT2D eigenvalue weighted by Crippen LogP contribution is -2.22. The first-order valence-corrected chi connectivity index (χ1v) is 7.50. The largest absolute Gasteiger partial charge is 0.358 e. The van der Waals surface area contributed by atoms with E-state index in [9.17, 15) is 0 Å². The second-order valence-corrected chi connectivity index (χ2v) is 6.40. The van der Waals surface area contributed by atoms with Crippen LogP contribution in [0, 0.1) is 11.8 Å². The summed E-state index contributed by atoms with van der Waals surface area (Å²) in [7, 11) is 2.07. The molecule has 0 atom stereocenters. The number of pyridine rings is 1. The maximum Gasteiger partial charge on any atom is 0.147 e. The monoisotopic (exact) mass is 281 g/mol. The summed E-state index contributed by atoms with van der Waals surface area (Å²) in [5.41, 5.74) is 1.15. The van der Waals surface area contributed by atoms with Crippen LogP contribution in [0.25, 0.3) is 0 Å². The molecule has 0 radical (unpaired) electrons. The lowest BCUT2D eigenvalue weighted by molar-refractivity contribution is 0.552. The van der Waals surface area contributed by atoms with Gasteiger partial charge in [0, 0.05) is 26.3 Å². The summed E-state index contributed by atoms with van der Waals surface area (Å²) in [6.07, 6.45) is 4.62. The molecule has 1 aliphatic rings. The van der Waals surface area contributed by atoms with E-state index in [1.807, 2.05) is 12.3 Å². The average molecular weight is 282 g/mol. The molecule has 0 unspecified atom stereocenters. The Morgan fingerprint density at radius 1 is 1.47 bits per heavy atom. The van der Waals surface area contributed by atoms with Crippen molar-refractivity contribution >= 4 is 17.4 Å². The highest BCUT2D eigenvalue weighted by Crippen LogP contribution is 2.32. The third-order valence-corrected chi connectivity index (χ3v) is 3.63. The van der Waals surface area contributed by atoms with Gasteiger partial charge in [-0.2, -0.15) is 0 Å². The number of nitrogens with one attached hydrogen (secondary N) is 1. The van der Waals surface area contributed by atoms with Gasteiger partial charge in [0.05, 0.1) is 5.02 Å². The maximum atomic E-state index is 6.34. The molecule has 106 valence electrons. The molecular weight excluding hydrogens is 258 g/mol. The van der Waals surface area contributed by atoms with E-state index in [0.717, 1.165) is 42.0 Å². The summed E-state index contributed by atoms with van der Waals surface area (Å²) in [5.74, 6) is 2.41. The first kappa shape index (κ1) is 14.6. The predicted octanol–water partition coefficient (Wildman–Crippen LogP) is 3.33. The summed E-state index contributed by atoms with van der Waals surface area (Å²) in [5, 5.41) is 4.16. The van der Waals surface area contributed by atoms with Crippen LogP contribution in [0.4, 0.5) is 5.82 Å². The molecule has 0 aliphatic heterocycles. The van der Waals surface area contributed by atoms with Crippen LogP contribution in [0.5, 0.6) is 0 Å². The fourth-order valence-electron chi connectivity index (χ4n) is 2.13. The Labute approximate surface area is 121 Å². The van der Waals surface area contributed by atoms with Crippen molar-refractivity contribution in [1.82, 2.24) is 10.3 Å². The van der Waals surface area contributed by atoms with Crippen molar-refractivity contribution in [3.05, 3.63) is 22.8 Å². The first-order valence-electron chi connectivity index (χ1n) is 7.12. The molecule has 4 heteroatoms. The molecule has 19 heavy (non-hydrogen) atoms. The molecule has 3 nitrogen and oxygen atoms in total. The van der Waals surface area contributed by atoms with E-state index in [2.05, 4.69) is 36.1 Å². The summed E-state index contributed by atoms with van der Waals surface area (Å²) in [6, 6.07) is 2.03. The number of aromatic nitrogens is 1. The maximum absolute atomic E-state index is 6.34. The fraction of sp³-hybridized carbons (Fsp3) is 0.667. The van der Waals surface area contributed by atoms with Gasteiger partial charge in [-0.05, 0) is 42.9 Å². The third-order valence-electron chi connectivity index (χ3n) is 3.35. The van der Waals surface area contributed by atoms with Crippen LogP contribution in [0.2, 0.25) is 5.02 Å². The molecule has 1 fully saturated rings. The van der Waals surface area contributed by atoms with Gasteiger partial charge in [0.1, 0.15) is 5.82 Å². The summed E-state index contributed by atoms with van der Waals surface area (Å²) >= 11 is 6.34. The van der Waals surface area contributed by atoms with E-state index < -0.39 is 0 Å². The normalized spacial score (nSPS) is 15.0. The third kappa shape index (κ3) is 4.66. The molecule has 0 saturated heterocycles.